The summed E-state index contributed by atoms with van der Waals surface area (Å²) in [6.07, 6.45) is 3.75. The van der Waals surface area contributed by atoms with Gasteiger partial charge < -0.3 is 0 Å². The van der Waals surface area contributed by atoms with Crippen LogP contribution >= 0.6 is 0 Å². The van der Waals surface area contributed by atoms with Gasteiger partial charge in [-0.2, -0.15) is 5.10 Å². The predicted octanol–water partition coefficient (Wildman–Crippen LogP) is 4.15. The third kappa shape index (κ3) is 2.67. The van der Waals surface area contributed by atoms with Crippen molar-refractivity contribution >= 4 is 22.4 Å². The number of aromatic nitrogens is 2. The summed E-state index contributed by atoms with van der Waals surface area (Å²) >= 11 is 0. The highest BCUT2D eigenvalue weighted by Crippen LogP contribution is 2.43. The average Bonchev–Trinajstić information content (AvgIpc) is 3.32. The first kappa shape index (κ1) is 15.4. The molecule has 0 saturated heterocycles. The van der Waals surface area contributed by atoms with Crippen molar-refractivity contribution in [1.82, 2.24) is 9.78 Å². The van der Waals surface area contributed by atoms with Crippen LogP contribution in [0.1, 0.15) is 41.6 Å². The van der Waals surface area contributed by atoms with Crippen LogP contribution in [0.3, 0.4) is 0 Å². The van der Waals surface area contributed by atoms with Gasteiger partial charge in [-0.05, 0) is 49.4 Å². The van der Waals surface area contributed by atoms with Crippen LogP contribution in [0.5, 0.6) is 0 Å². The summed E-state index contributed by atoms with van der Waals surface area (Å²) in [6, 6.07) is 7.07. The molecule has 126 valence electrons. The van der Waals surface area contributed by atoms with Crippen molar-refractivity contribution in [1.29, 1.82) is 0 Å². The first-order chi connectivity index (χ1) is 11.9. The smallest absolute Gasteiger partial charge is 0.272 e. The summed E-state index contributed by atoms with van der Waals surface area (Å²) in [5, 5.41) is 16.0. The molecule has 0 unspecified atom stereocenters. The lowest BCUT2D eigenvalue weighted by Gasteiger charge is -2.03. The number of rotatable bonds is 4. The number of Topliss-reactive ketones (excluding diaryl/α,β-unsaturated/α-hetero) is 1. The van der Waals surface area contributed by atoms with Crippen molar-refractivity contribution in [3.63, 3.8) is 0 Å². The van der Waals surface area contributed by atoms with Gasteiger partial charge in [0.05, 0.1) is 16.5 Å². The topological polar surface area (TPSA) is 78.0 Å². The van der Waals surface area contributed by atoms with Gasteiger partial charge in [0.2, 0.25) is 0 Å². The molecule has 0 spiro atoms. The van der Waals surface area contributed by atoms with Gasteiger partial charge in [-0.25, -0.2) is 9.07 Å². The third-order valence-corrected chi connectivity index (χ3v) is 4.45. The molecule has 1 aliphatic carbocycles. The summed E-state index contributed by atoms with van der Waals surface area (Å²) < 4.78 is 15.7. The number of non-ortho nitro benzene ring substituents is 1. The Kier molecular flexibility index (Phi) is 3.38. The number of nitro benzene ring substituents is 1. The van der Waals surface area contributed by atoms with E-state index >= 15 is 0 Å². The molecular weight excluding hydrogens is 325 g/mol. The van der Waals surface area contributed by atoms with Crippen LogP contribution in [0, 0.1) is 15.9 Å². The minimum atomic E-state index is -0.721. The molecule has 1 heterocycles. The van der Waals surface area contributed by atoms with Crippen LogP contribution in [-0.2, 0) is 0 Å². The maximum atomic E-state index is 14.3. The Morgan fingerprint density at radius 2 is 2.08 bits per heavy atom. The van der Waals surface area contributed by atoms with Gasteiger partial charge in [0.1, 0.15) is 5.69 Å². The Morgan fingerprint density at radius 1 is 1.32 bits per heavy atom. The van der Waals surface area contributed by atoms with Gasteiger partial charge in [-0.3, -0.25) is 14.9 Å². The number of ketones is 1. The summed E-state index contributed by atoms with van der Waals surface area (Å²) in [4.78, 5) is 21.9. The quantitative estimate of drug-likeness (QED) is 0.406. The van der Waals surface area contributed by atoms with E-state index in [0.717, 1.165) is 35.4 Å². The molecule has 0 amide bonds. The molecule has 0 aliphatic heterocycles. The van der Waals surface area contributed by atoms with Gasteiger partial charge in [0, 0.05) is 23.2 Å². The highest BCUT2D eigenvalue weighted by atomic mass is 19.1. The molecule has 4 rings (SSSR count). The SMILES string of the molecule is CC(=O)c1cc(C2CC2)c2nn(-c3ccc([N+](=O)[O-])cc3F)cc2c1. The highest BCUT2D eigenvalue weighted by Gasteiger charge is 2.28. The lowest BCUT2D eigenvalue weighted by Crippen LogP contribution is -2.00. The second-order valence-electron chi connectivity index (χ2n) is 6.30. The second-order valence-corrected chi connectivity index (χ2v) is 6.30. The zero-order chi connectivity index (χ0) is 17.7. The van der Waals surface area contributed by atoms with Crippen LogP contribution in [0.25, 0.3) is 16.6 Å². The lowest BCUT2D eigenvalue weighted by atomic mass is 10.0. The Morgan fingerprint density at radius 3 is 2.68 bits per heavy atom. The van der Waals surface area contributed by atoms with Gasteiger partial charge in [0.25, 0.3) is 5.69 Å². The predicted molar refractivity (Wildman–Crippen MR) is 89.7 cm³/mol. The van der Waals surface area contributed by atoms with Crippen molar-refractivity contribution in [3.05, 3.63) is 63.6 Å². The lowest BCUT2D eigenvalue weighted by molar-refractivity contribution is -0.385. The highest BCUT2D eigenvalue weighted by molar-refractivity contribution is 5.99. The van der Waals surface area contributed by atoms with E-state index in [1.165, 1.54) is 23.7 Å². The molecule has 1 aromatic heterocycles. The number of carbonyl (C=O) groups is 1. The Balaban J connectivity index is 1.88. The Hall–Kier alpha value is -3.09. The third-order valence-electron chi connectivity index (χ3n) is 4.45. The Bertz CT molecular complexity index is 1040. The molecule has 7 heteroatoms. The first-order valence-corrected chi connectivity index (χ1v) is 7.92. The van der Waals surface area contributed by atoms with Crippen LogP contribution in [-0.4, -0.2) is 20.5 Å². The zero-order valence-corrected chi connectivity index (χ0v) is 13.4. The molecule has 1 aliphatic rings. The fourth-order valence-corrected chi connectivity index (χ4v) is 2.99. The average molecular weight is 339 g/mol. The van der Waals surface area contributed by atoms with Crippen molar-refractivity contribution in [3.8, 4) is 5.69 Å². The van der Waals surface area contributed by atoms with Crippen LogP contribution in [0.2, 0.25) is 0 Å². The van der Waals surface area contributed by atoms with E-state index in [1.54, 1.807) is 12.3 Å². The van der Waals surface area contributed by atoms with Gasteiger partial charge >= 0.3 is 0 Å². The van der Waals surface area contributed by atoms with Crippen LogP contribution < -0.4 is 0 Å². The van der Waals surface area contributed by atoms with E-state index in [-0.39, 0.29) is 17.2 Å². The number of carbonyl (C=O) groups excluding carboxylic acids is 1. The molecule has 3 aromatic rings. The van der Waals surface area contributed by atoms with E-state index in [9.17, 15) is 19.3 Å². The first-order valence-electron chi connectivity index (χ1n) is 7.92. The van der Waals surface area contributed by atoms with Crippen molar-refractivity contribution in [2.24, 2.45) is 0 Å². The Labute approximate surface area is 142 Å². The maximum Gasteiger partial charge on any atom is 0.272 e. The van der Waals surface area contributed by atoms with Crippen LogP contribution in [0.15, 0.2) is 36.5 Å². The number of hydrogen-bond donors (Lipinski definition) is 0. The maximum absolute atomic E-state index is 14.3. The minimum Gasteiger partial charge on any atom is -0.295 e. The monoisotopic (exact) mass is 339 g/mol. The van der Waals surface area contributed by atoms with E-state index < -0.39 is 10.7 Å². The summed E-state index contributed by atoms with van der Waals surface area (Å²) in [6.45, 7) is 1.51. The standard InChI is InChI=1S/C18H14FN3O3/c1-10(23)12-6-13-9-21(20-18(13)15(7-12)11-2-3-11)17-5-4-14(22(24)25)8-16(17)19/h4-9,11H,2-3H2,1H3. The molecular formula is C18H14FN3O3. The fourth-order valence-electron chi connectivity index (χ4n) is 2.99. The number of fused-ring (bicyclic) bond motifs is 1. The molecule has 1 fully saturated rings. The normalized spacial score (nSPS) is 14.0. The number of nitrogens with zero attached hydrogens (tertiary/aromatic N) is 3. The van der Waals surface area contributed by atoms with Gasteiger partial charge in [-0.15, -0.1) is 0 Å². The number of nitro groups is 1. The van der Waals surface area contributed by atoms with E-state index in [4.69, 9.17) is 0 Å². The summed E-state index contributed by atoms with van der Waals surface area (Å²) in [5.41, 5.74) is 2.18. The van der Waals surface area contributed by atoms with Crippen molar-refractivity contribution in [2.75, 3.05) is 0 Å². The molecule has 0 N–H and O–H groups in total. The molecule has 0 bridgehead atoms. The minimum absolute atomic E-state index is 0.0296. The van der Waals surface area contributed by atoms with Crippen LogP contribution in [0.4, 0.5) is 10.1 Å². The van der Waals surface area contributed by atoms with Gasteiger partial charge in [-0.1, -0.05) is 0 Å². The number of benzene rings is 2. The van der Waals surface area contributed by atoms with E-state index in [0.29, 0.717) is 11.5 Å². The molecule has 1 saturated carbocycles. The molecule has 0 atom stereocenters. The summed E-state index contributed by atoms with van der Waals surface area (Å²) in [5.74, 6) is -0.369. The molecule has 25 heavy (non-hydrogen) atoms. The van der Waals surface area contributed by atoms with Gasteiger partial charge in [0.15, 0.2) is 11.6 Å². The van der Waals surface area contributed by atoms with E-state index in [2.05, 4.69) is 5.10 Å². The largest absolute Gasteiger partial charge is 0.295 e. The molecule has 2 aromatic carbocycles. The molecule has 6 nitrogen and oxygen atoms in total. The number of hydrogen-bond acceptors (Lipinski definition) is 4. The van der Waals surface area contributed by atoms with Crippen molar-refractivity contribution < 1.29 is 14.1 Å². The zero-order valence-electron chi connectivity index (χ0n) is 13.4. The summed E-state index contributed by atoms with van der Waals surface area (Å²) in [7, 11) is 0. The number of halogens is 1. The fraction of sp³-hybridized carbons (Fsp3) is 0.222. The molecule has 0 radical (unpaired) electrons. The van der Waals surface area contributed by atoms with Crippen molar-refractivity contribution in [2.45, 2.75) is 25.7 Å². The second kappa shape index (κ2) is 5.47. The van der Waals surface area contributed by atoms with E-state index in [1.807, 2.05) is 6.07 Å².